The SMILES string of the molecule is CCCC(CCC)N1C(=O)[C@H](CC(C)C)NC(=O)C12CCN(CCCCCCc1ccccc1)CC2. The molecule has 2 saturated heterocycles. The number of piperidine rings is 1. The second-order valence-electron chi connectivity index (χ2n) is 11.6. The van der Waals surface area contributed by atoms with Crippen LogP contribution in [0.15, 0.2) is 30.3 Å². The summed E-state index contributed by atoms with van der Waals surface area (Å²) >= 11 is 0. The van der Waals surface area contributed by atoms with Crippen molar-refractivity contribution in [3.63, 3.8) is 0 Å². The third kappa shape index (κ3) is 7.34. The van der Waals surface area contributed by atoms with E-state index in [1.54, 1.807) is 0 Å². The molecule has 5 nitrogen and oxygen atoms in total. The third-order valence-corrected chi connectivity index (χ3v) is 8.26. The number of aryl methyl sites for hydroxylation is 1. The number of benzene rings is 1. The van der Waals surface area contributed by atoms with E-state index < -0.39 is 5.54 Å². The molecule has 5 heteroatoms. The van der Waals surface area contributed by atoms with Crippen LogP contribution in [-0.2, 0) is 16.0 Å². The van der Waals surface area contributed by atoms with Crippen LogP contribution in [0.4, 0.5) is 0 Å². The Morgan fingerprint density at radius 3 is 2.19 bits per heavy atom. The number of carbonyl (C=O) groups is 2. The Labute approximate surface area is 220 Å². The third-order valence-electron chi connectivity index (χ3n) is 8.26. The fourth-order valence-electron chi connectivity index (χ4n) is 6.35. The first kappa shape index (κ1) is 28.7. The summed E-state index contributed by atoms with van der Waals surface area (Å²) in [5.41, 5.74) is 0.773. The molecule has 3 rings (SSSR count). The highest BCUT2D eigenvalue weighted by Crippen LogP contribution is 2.37. The van der Waals surface area contributed by atoms with Crippen LogP contribution in [-0.4, -0.2) is 58.9 Å². The van der Waals surface area contributed by atoms with E-state index in [1.807, 2.05) is 0 Å². The van der Waals surface area contributed by atoms with Crippen molar-refractivity contribution in [3.8, 4) is 0 Å². The summed E-state index contributed by atoms with van der Waals surface area (Å²) in [4.78, 5) is 32.1. The maximum Gasteiger partial charge on any atom is 0.246 e. The van der Waals surface area contributed by atoms with Gasteiger partial charge in [0, 0.05) is 19.1 Å². The Kier molecular flexibility index (Phi) is 11.3. The van der Waals surface area contributed by atoms with E-state index in [1.165, 1.54) is 37.7 Å². The molecule has 2 aliphatic rings. The fourth-order valence-corrected chi connectivity index (χ4v) is 6.35. The molecule has 1 atom stereocenters. The normalized spacial score (nSPS) is 20.5. The molecule has 0 saturated carbocycles. The fraction of sp³-hybridized carbons (Fsp3) is 0.742. The van der Waals surface area contributed by atoms with Crippen LogP contribution in [0.25, 0.3) is 0 Å². The molecule has 0 bridgehead atoms. The van der Waals surface area contributed by atoms with Gasteiger partial charge in [0.25, 0.3) is 0 Å². The highest BCUT2D eigenvalue weighted by Gasteiger charge is 2.55. The Morgan fingerprint density at radius 2 is 1.58 bits per heavy atom. The summed E-state index contributed by atoms with van der Waals surface area (Å²) < 4.78 is 0. The van der Waals surface area contributed by atoms with Crippen LogP contribution in [0, 0.1) is 5.92 Å². The summed E-state index contributed by atoms with van der Waals surface area (Å²) in [6.45, 7) is 11.5. The molecule has 2 aliphatic heterocycles. The lowest BCUT2D eigenvalue weighted by molar-refractivity contribution is -0.166. The number of amides is 2. The molecule has 1 aromatic carbocycles. The van der Waals surface area contributed by atoms with E-state index >= 15 is 0 Å². The number of rotatable bonds is 14. The molecule has 2 heterocycles. The van der Waals surface area contributed by atoms with E-state index in [2.05, 4.69) is 73.1 Å². The van der Waals surface area contributed by atoms with E-state index in [9.17, 15) is 9.59 Å². The van der Waals surface area contributed by atoms with Crippen LogP contribution in [0.1, 0.15) is 104 Å². The van der Waals surface area contributed by atoms with Crippen LogP contribution >= 0.6 is 0 Å². The van der Waals surface area contributed by atoms with Crippen molar-refractivity contribution in [1.29, 1.82) is 0 Å². The smallest absolute Gasteiger partial charge is 0.246 e. The van der Waals surface area contributed by atoms with Gasteiger partial charge in [-0.3, -0.25) is 9.59 Å². The zero-order valence-electron chi connectivity index (χ0n) is 23.4. The van der Waals surface area contributed by atoms with Gasteiger partial charge >= 0.3 is 0 Å². The average molecular weight is 498 g/mol. The van der Waals surface area contributed by atoms with E-state index in [0.29, 0.717) is 5.92 Å². The van der Waals surface area contributed by atoms with Gasteiger partial charge in [-0.1, -0.05) is 83.7 Å². The molecule has 1 aromatic rings. The lowest BCUT2D eigenvalue weighted by Gasteiger charge is -2.54. The zero-order valence-corrected chi connectivity index (χ0v) is 23.4. The molecule has 36 heavy (non-hydrogen) atoms. The molecule has 0 radical (unpaired) electrons. The van der Waals surface area contributed by atoms with E-state index in [4.69, 9.17) is 0 Å². The van der Waals surface area contributed by atoms with Crippen molar-refractivity contribution < 1.29 is 9.59 Å². The number of nitrogens with one attached hydrogen (secondary N) is 1. The van der Waals surface area contributed by atoms with Gasteiger partial charge in [0.15, 0.2) is 0 Å². The number of carbonyl (C=O) groups excluding carboxylic acids is 2. The van der Waals surface area contributed by atoms with Crippen molar-refractivity contribution in [2.24, 2.45) is 5.92 Å². The minimum Gasteiger partial charge on any atom is -0.342 e. The number of hydrogen-bond acceptors (Lipinski definition) is 3. The summed E-state index contributed by atoms with van der Waals surface area (Å²) in [5.74, 6) is 0.646. The van der Waals surface area contributed by atoms with E-state index in [-0.39, 0.29) is 23.9 Å². The largest absolute Gasteiger partial charge is 0.342 e. The van der Waals surface area contributed by atoms with Gasteiger partial charge in [-0.05, 0) is 69.4 Å². The first-order valence-electron chi connectivity index (χ1n) is 14.8. The van der Waals surface area contributed by atoms with Gasteiger partial charge in [0.2, 0.25) is 11.8 Å². The summed E-state index contributed by atoms with van der Waals surface area (Å²) in [5, 5.41) is 3.17. The van der Waals surface area contributed by atoms with Gasteiger partial charge in [-0.25, -0.2) is 0 Å². The highest BCUT2D eigenvalue weighted by atomic mass is 16.2. The van der Waals surface area contributed by atoms with Gasteiger partial charge in [0.05, 0.1) is 0 Å². The molecule has 0 aliphatic carbocycles. The second kappa shape index (κ2) is 14.2. The lowest BCUT2D eigenvalue weighted by Crippen LogP contribution is -2.74. The topological polar surface area (TPSA) is 52.7 Å². The first-order chi connectivity index (χ1) is 17.4. The Balaban J connectivity index is 1.56. The summed E-state index contributed by atoms with van der Waals surface area (Å²) in [6.07, 6.45) is 12.4. The summed E-state index contributed by atoms with van der Waals surface area (Å²) in [6, 6.07) is 10.6. The molecule has 0 aromatic heterocycles. The average Bonchev–Trinajstić information content (AvgIpc) is 2.86. The highest BCUT2D eigenvalue weighted by molar-refractivity contribution is 6.00. The van der Waals surface area contributed by atoms with Crippen molar-refractivity contribution in [3.05, 3.63) is 35.9 Å². The predicted octanol–water partition coefficient (Wildman–Crippen LogP) is 5.97. The molecular formula is C31H51N3O2. The van der Waals surface area contributed by atoms with Gasteiger partial charge in [-0.15, -0.1) is 0 Å². The Bertz CT molecular complexity index is 795. The molecule has 1 N–H and O–H groups in total. The zero-order chi connectivity index (χ0) is 26.0. The molecule has 202 valence electrons. The number of hydrogen-bond donors (Lipinski definition) is 1. The number of piperazine rings is 1. The van der Waals surface area contributed by atoms with Gasteiger partial charge < -0.3 is 15.1 Å². The number of likely N-dealkylation sites (tertiary alicyclic amines) is 1. The van der Waals surface area contributed by atoms with Crippen molar-refractivity contribution in [2.75, 3.05) is 19.6 Å². The molecule has 0 unspecified atom stereocenters. The number of nitrogens with zero attached hydrogens (tertiary/aromatic N) is 2. The molecule has 2 amide bonds. The van der Waals surface area contributed by atoms with Crippen molar-refractivity contribution in [1.82, 2.24) is 15.1 Å². The lowest BCUT2D eigenvalue weighted by atomic mass is 9.79. The molecular weight excluding hydrogens is 446 g/mol. The van der Waals surface area contributed by atoms with E-state index in [0.717, 1.165) is 64.6 Å². The van der Waals surface area contributed by atoms with Crippen LogP contribution in [0.2, 0.25) is 0 Å². The van der Waals surface area contributed by atoms with Gasteiger partial charge in [0.1, 0.15) is 11.6 Å². The van der Waals surface area contributed by atoms with Crippen LogP contribution in [0.3, 0.4) is 0 Å². The van der Waals surface area contributed by atoms with Crippen molar-refractivity contribution in [2.45, 2.75) is 122 Å². The van der Waals surface area contributed by atoms with Crippen LogP contribution in [0.5, 0.6) is 0 Å². The minimum absolute atomic E-state index is 0.102. The van der Waals surface area contributed by atoms with Crippen molar-refractivity contribution >= 4 is 11.8 Å². The Morgan fingerprint density at radius 1 is 0.944 bits per heavy atom. The maximum atomic E-state index is 13.8. The second-order valence-corrected chi connectivity index (χ2v) is 11.6. The predicted molar refractivity (Wildman–Crippen MR) is 149 cm³/mol. The maximum absolute atomic E-state index is 13.8. The standard InChI is InChI=1S/C31H51N3O2/c1-5-14-27(15-6-2)34-29(35)28(24-25(3)4)32-30(36)31(34)19-22-33(23-20-31)21-13-8-7-10-16-26-17-11-9-12-18-26/h9,11-12,17-18,25,27-28H,5-8,10,13-16,19-24H2,1-4H3,(H,32,36)/t28-/m0/s1. The Hall–Kier alpha value is -1.88. The van der Waals surface area contributed by atoms with Crippen LogP contribution < -0.4 is 5.32 Å². The molecule has 1 spiro atoms. The number of unbranched alkanes of at least 4 members (excludes halogenated alkanes) is 3. The monoisotopic (exact) mass is 497 g/mol. The minimum atomic E-state index is -0.661. The molecule has 2 fully saturated rings. The summed E-state index contributed by atoms with van der Waals surface area (Å²) in [7, 11) is 0. The first-order valence-corrected chi connectivity index (χ1v) is 14.8. The van der Waals surface area contributed by atoms with Gasteiger partial charge in [-0.2, -0.15) is 0 Å². The quantitative estimate of drug-likeness (QED) is 0.322.